The minimum atomic E-state index is -4.39. The van der Waals surface area contributed by atoms with E-state index in [0.717, 1.165) is 183 Å². The summed E-state index contributed by atoms with van der Waals surface area (Å²) < 4.78 is 189. The van der Waals surface area contributed by atoms with Gasteiger partial charge in [0.2, 0.25) is 0 Å². The number of thiol groups is 1. The highest BCUT2D eigenvalue weighted by atomic mass is 79.9. The second-order valence-corrected chi connectivity index (χ2v) is 31.4. The average molecular weight is 1870 g/mol. The maximum absolute atomic E-state index is 12.7. The standard InChI is InChI=1S/C22H17F3OS.C20H14BrF3.C20H15F3S.C20H15F3.C13H11Br.C7H6BF3O2/c1-15(26)27-14-16-2-4-17(5-3-16)18-6-8-19(9-7-18)20-10-12-21(13-11-20)22(23,24)25;21-13-14-1-3-15(4-2-14)16-5-7-17(8-6-16)18-9-11-19(12-10-18)20(22,23)24;21-20(22,23)19-11-9-18(10-12-19)17-7-5-16(6-8-17)15-3-1-14(13-24)2-4-15;1-14-2-4-15(5-3-14)16-6-8-17(9-7-16)18-10-12-19(13-11-18)20(21,22)23;1-10-2-4-11(5-3-10)12-6-8-13(14)9-7-12;9-7(10,11)5-1-3-6(4-2-5)8(12)13/h2-13H,14H2,1H3;1-12H,13H2;1-12,24H,13H2;2-13H,1H3;2-9H,1H3;1-4,12-13H. The molecule has 125 heavy (non-hydrogen) atoms. The minimum absolute atomic E-state index is 0.0352. The van der Waals surface area contributed by atoms with E-state index in [0.29, 0.717) is 11.5 Å². The monoisotopic (exact) mass is 1870 g/mol. The van der Waals surface area contributed by atoms with Crippen molar-refractivity contribution >= 4 is 73.9 Å². The Kier molecular flexibility index (Phi) is 33.7. The first-order valence-corrected chi connectivity index (χ1v) is 42.0. The molecule has 0 atom stereocenters. The van der Waals surface area contributed by atoms with E-state index in [9.17, 15) is 70.7 Å². The summed E-state index contributed by atoms with van der Waals surface area (Å²) in [4.78, 5) is 11.0. The molecule has 0 fully saturated rings. The molecule has 3 nitrogen and oxygen atoms in total. The number of aryl methyl sites for hydroxylation is 2. The zero-order valence-corrected chi connectivity index (χ0v) is 71.8. The lowest BCUT2D eigenvalue weighted by Gasteiger charge is -2.09. The third kappa shape index (κ3) is 29.1. The van der Waals surface area contributed by atoms with Crippen LogP contribution in [0.2, 0.25) is 0 Å². The summed E-state index contributed by atoms with van der Waals surface area (Å²) in [5.41, 5.74) is 20.4. The van der Waals surface area contributed by atoms with Crippen LogP contribution in [0.15, 0.2) is 368 Å². The van der Waals surface area contributed by atoms with Gasteiger partial charge in [0.25, 0.3) is 0 Å². The first-order chi connectivity index (χ1) is 59.4. The number of benzene rings is 15. The highest BCUT2D eigenvalue weighted by molar-refractivity contribution is 9.10. The fourth-order valence-corrected chi connectivity index (χ4v) is 13.8. The summed E-state index contributed by atoms with van der Waals surface area (Å²) in [5.74, 6) is 1.36. The van der Waals surface area contributed by atoms with Crippen LogP contribution in [0.4, 0.5) is 65.9 Å². The summed E-state index contributed by atoms with van der Waals surface area (Å²) in [6.07, 6.45) is -21.6. The molecular weight excluding hydrogens is 1790 g/mol. The van der Waals surface area contributed by atoms with E-state index in [-0.39, 0.29) is 10.6 Å². The molecular formula is C102H78BBr2F15O3S2. The summed E-state index contributed by atoms with van der Waals surface area (Å²) in [7, 11) is -1.73. The number of hydrogen-bond acceptors (Lipinski definition) is 5. The van der Waals surface area contributed by atoms with Gasteiger partial charge in [0.15, 0.2) is 5.12 Å². The van der Waals surface area contributed by atoms with Crippen molar-refractivity contribution in [2.24, 2.45) is 0 Å². The van der Waals surface area contributed by atoms with E-state index in [2.05, 4.69) is 148 Å². The second-order valence-electron chi connectivity index (χ2n) is 28.5. The topological polar surface area (TPSA) is 57.5 Å². The van der Waals surface area contributed by atoms with Crippen LogP contribution in [0.5, 0.6) is 0 Å². The maximum atomic E-state index is 12.7. The normalized spacial score (nSPS) is 11.3. The average Bonchev–Trinajstić information content (AvgIpc) is 0.828. The van der Waals surface area contributed by atoms with Crippen molar-refractivity contribution in [3.8, 4) is 100 Å². The molecule has 0 unspecified atom stereocenters. The Morgan fingerprint density at radius 1 is 0.280 bits per heavy atom. The van der Waals surface area contributed by atoms with Crippen molar-refractivity contribution in [2.45, 2.75) is 68.5 Å². The molecule has 0 bridgehead atoms. The number of hydrogen-bond donors (Lipinski definition) is 3. The van der Waals surface area contributed by atoms with E-state index in [1.54, 1.807) is 6.92 Å². The molecule has 0 aliphatic rings. The molecule has 15 aromatic carbocycles. The zero-order valence-electron chi connectivity index (χ0n) is 66.9. The third-order valence-electron chi connectivity index (χ3n) is 19.5. The first kappa shape index (κ1) is 95.8. The molecule has 15 rings (SSSR count). The highest BCUT2D eigenvalue weighted by Crippen LogP contribution is 2.38. The SMILES string of the molecule is CC(=O)SCc1ccc(-c2ccc(-c3ccc(C(F)(F)F)cc3)cc2)cc1.Cc1ccc(-c2ccc(-c3ccc(C(F)(F)F)cc3)cc2)cc1.Cc1ccc(-c2ccc(Br)cc2)cc1.FC(F)(F)c1ccc(-c2ccc(-c3ccc(CBr)cc3)cc2)cc1.FC(F)(F)c1ccc(-c2ccc(-c3ccc(CS)cc3)cc2)cc1.OB(O)c1ccc(C(F)(F)F)cc1. The number of carbonyl (C=O) groups excluding carboxylic acids is 1. The lowest BCUT2D eigenvalue weighted by atomic mass is 9.80. The van der Waals surface area contributed by atoms with Gasteiger partial charge >= 0.3 is 38.0 Å². The Labute approximate surface area is 742 Å². The van der Waals surface area contributed by atoms with E-state index in [1.807, 2.05) is 153 Å². The molecule has 0 saturated carbocycles. The fourth-order valence-electron chi connectivity index (χ4n) is 12.4. The van der Waals surface area contributed by atoms with Gasteiger partial charge in [-0.3, -0.25) is 4.79 Å². The molecule has 0 aromatic heterocycles. The number of alkyl halides is 16. The summed E-state index contributed by atoms with van der Waals surface area (Å²) in [5, 5.41) is 18.1. The van der Waals surface area contributed by atoms with E-state index in [1.165, 1.54) is 88.1 Å². The van der Waals surface area contributed by atoms with E-state index < -0.39 is 65.8 Å². The molecule has 0 aliphatic heterocycles. The molecule has 15 aromatic rings. The molecule has 638 valence electrons. The van der Waals surface area contributed by atoms with Gasteiger partial charge < -0.3 is 10.0 Å². The summed E-state index contributed by atoms with van der Waals surface area (Å²) in [6.45, 7) is 5.69. The van der Waals surface area contributed by atoms with Crippen LogP contribution in [0.1, 0.15) is 62.6 Å². The Bertz CT molecular complexity index is 5680. The van der Waals surface area contributed by atoms with Crippen molar-refractivity contribution in [3.63, 3.8) is 0 Å². The quantitative estimate of drug-likeness (QED) is 0.0440. The van der Waals surface area contributed by atoms with Crippen LogP contribution < -0.4 is 5.46 Å². The molecule has 0 amide bonds. The molecule has 0 radical (unpaired) electrons. The van der Waals surface area contributed by atoms with Gasteiger partial charge in [0, 0.05) is 28.2 Å². The fraction of sp³-hybridized carbons (Fsp3) is 0.108. The lowest BCUT2D eigenvalue weighted by Crippen LogP contribution is -2.29. The number of rotatable bonds is 14. The predicted octanol–water partition coefficient (Wildman–Crippen LogP) is 31.4. The summed E-state index contributed by atoms with van der Waals surface area (Å²) >= 11 is 12.4. The van der Waals surface area contributed by atoms with E-state index >= 15 is 0 Å². The van der Waals surface area contributed by atoms with Gasteiger partial charge in [-0.2, -0.15) is 78.5 Å². The first-order valence-electron chi connectivity index (χ1n) is 38.5. The predicted molar refractivity (Wildman–Crippen MR) is 487 cm³/mol. The second kappa shape index (κ2) is 43.9. The molecule has 0 aliphatic carbocycles. The Hall–Kier alpha value is -11.4. The largest absolute Gasteiger partial charge is 0.488 e. The molecule has 0 heterocycles. The van der Waals surface area contributed by atoms with Gasteiger partial charge in [-0.1, -0.05) is 358 Å². The summed E-state index contributed by atoms with van der Waals surface area (Å²) in [6, 6.07) is 105. The van der Waals surface area contributed by atoms with Gasteiger partial charge in [0.1, 0.15) is 0 Å². The van der Waals surface area contributed by atoms with Crippen LogP contribution in [-0.2, 0) is 52.5 Å². The Balaban J connectivity index is 0.000000159. The molecule has 0 saturated heterocycles. The third-order valence-corrected chi connectivity index (χ3v) is 21.9. The van der Waals surface area contributed by atoms with E-state index in [4.69, 9.17) is 10.0 Å². The van der Waals surface area contributed by atoms with Crippen molar-refractivity contribution in [2.75, 3.05) is 0 Å². The number of halogens is 17. The van der Waals surface area contributed by atoms with Gasteiger partial charge in [-0.15, -0.1) is 0 Å². The number of thioether (sulfide) groups is 1. The Morgan fingerprint density at radius 3 is 0.632 bits per heavy atom. The van der Waals surface area contributed by atoms with Crippen LogP contribution in [0.25, 0.3) is 100 Å². The minimum Gasteiger partial charge on any atom is -0.423 e. The molecule has 0 spiro atoms. The number of carbonyl (C=O) groups is 1. The van der Waals surface area contributed by atoms with Gasteiger partial charge in [-0.25, -0.2) is 0 Å². The molecule has 2 N–H and O–H groups in total. The van der Waals surface area contributed by atoms with Crippen LogP contribution in [0, 0.1) is 13.8 Å². The van der Waals surface area contributed by atoms with Crippen LogP contribution in [-0.4, -0.2) is 22.3 Å². The van der Waals surface area contributed by atoms with Crippen LogP contribution in [0.3, 0.4) is 0 Å². The van der Waals surface area contributed by atoms with Gasteiger partial charge in [0.05, 0.1) is 27.8 Å². The molecule has 23 heteroatoms. The van der Waals surface area contributed by atoms with Crippen molar-refractivity contribution in [3.05, 3.63) is 424 Å². The maximum Gasteiger partial charge on any atom is 0.488 e. The Morgan fingerprint density at radius 2 is 0.448 bits per heavy atom. The lowest BCUT2D eigenvalue weighted by molar-refractivity contribution is -0.138. The van der Waals surface area contributed by atoms with Crippen molar-refractivity contribution in [1.82, 2.24) is 0 Å². The smallest absolute Gasteiger partial charge is 0.423 e. The highest BCUT2D eigenvalue weighted by Gasteiger charge is 2.34. The van der Waals surface area contributed by atoms with Crippen molar-refractivity contribution in [1.29, 1.82) is 0 Å². The van der Waals surface area contributed by atoms with Gasteiger partial charge in [-0.05, 0) is 197 Å². The zero-order chi connectivity index (χ0) is 90.2. The van der Waals surface area contributed by atoms with Crippen molar-refractivity contribution < 1.29 is 80.7 Å². The van der Waals surface area contributed by atoms with Crippen LogP contribution >= 0.6 is 56.3 Å².